The van der Waals surface area contributed by atoms with Crippen LogP contribution in [0.1, 0.15) is 5.56 Å². The number of aliphatic hydroxyl groups is 1. The third-order valence-corrected chi connectivity index (χ3v) is 3.86. The molecule has 0 bridgehead atoms. The van der Waals surface area contributed by atoms with Crippen molar-refractivity contribution in [3.05, 3.63) is 53.1 Å². The fourth-order valence-electron chi connectivity index (χ4n) is 2.58. The maximum atomic E-state index is 9.06. The van der Waals surface area contributed by atoms with E-state index in [0.717, 1.165) is 22.3 Å². The van der Waals surface area contributed by atoms with E-state index in [1.165, 1.54) is 0 Å². The van der Waals surface area contributed by atoms with Crippen molar-refractivity contribution < 1.29 is 9.84 Å². The highest BCUT2D eigenvalue weighted by atomic mass is 35.5. The number of methoxy groups -OCH3 is 1. The van der Waals surface area contributed by atoms with Gasteiger partial charge in [0.2, 0.25) is 5.95 Å². The SMILES string of the molecule is COc1ccc(Cl)cc1Cn1c(NCCO)nc2ccccc21. The smallest absolute Gasteiger partial charge is 0.204 e. The Hall–Kier alpha value is -2.24. The van der Waals surface area contributed by atoms with Crippen LogP contribution in [0.5, 0.6) is 5.75 Å². The summed E-state index contributed by atoms with van der Waals surface area (Å²) in [6.45, 7) is 1.05. The van der Waals surface area contributed by atoms with Gasteiger partial charge in [0.05, 0.1) is 31.3 Å². The number of halogens is 1. The van der Waals surface area contributed by atoms with Gasteiger partial charge in [-0.15, -0.1) is 0 Å². The van der Waals surface area contributed by atoms with E-state index < -0.39 is 0 Å². The first kappa shape index (κ1) is 15.6. The van der Waals surface area contributed by atoms with Crippen LogP contribution in [0.3, 0.4) is 0 Å². The maximum Gasteiger partial charge on any atom is 0.204 e. The van der Waals surface area contributed by atoms with E-state index in [9.17, 15) is 0 Å². The van der Waals surface area contributed by atoms with Gasteiger partial charge in [-0.1, -0.05) is 23.7 Å². The molecule has 1 aromatic heterocycles. The molecule has 3 aromatic rings. The predicted octanol–water partition coefficient (Wildman–Crippen LogP) is 3.15. The van der Waals surface area contributed by atoms with E-state index in [1.807, 2.05) is 36.4 Å². The lowest BCUT2D eigenvalue weighted by molar-refractivity contribution is 0.310. The Morgan fingerprint density at radius 1 is 1.26 bits per heavy atom. The fourth-order valence-corrected chi connectivity index (χ4v) is 2.77. The van der Waals surface area contributed by atoms with Crippen molar-refractivity contribution in [2.75, 3.05) is 25.6 Å². The Kier molecular flexibility index (Phi) is 4.69. The Morgan fingerprint density at radius 3 is 2.87 bits per heavy atom. The van der Waals surface area contributed by atoms with Gasteiger partial charge in [-0.05, 0) is 30.3 Å². The molecular formula is C17H18ClN3O2. The summed E-state index contributed by atoms with van der Waals surface area (Å²) in [7, 11) is 1.64. The zero-order valence-corrected chi connectivity index (χ0v) is 13.5. The summed E-state index contributed by atoms with van der Waals surface area (Å²) in [6, 6.07) is 13.5. The molecule has 6 heteroatoms. The molecule has 0 saturated carbocycles. The average Bonchev–Trinajstić information content (AvgIpc) is 2.91. The normalized spacial score (nSPS) is 10.9. The summed E-state index contributed by atoms with van der Waals surface area (Å²) < 4.78 is 7.48. The van der Waals surface area contributed by atoms with Crippen molar-refractivity contribution in [3.8, 4) is 5.75 Å². The topological polar surface area (TPSA) is 59.3 Å². The van der Waals surface area contributed by atoms with Crippen LogP contribution in [0, 0.1) is 0 Å². The first-order valence-electron chi connectivity index (χ1n) is 7.35. The second kappa shape index (κ2) is 6.89. The van der Waals surface area contributed by atoms with E-state index in [-0.39, 0.29) is 6.61 Å². The summed E-state index contributed by atoms with van der Waals surface area (Å²) in [5, 5.41) is 12.9. The van der Waals surface area contributed by atoms with Crippen LogP contribution in [-0.2, 0) is 6.54 Å². The zero-order valence-electron chi connectivity index (χ0n) is 12.8. The van der Waals surface area contributed by atoms with Crippen LogP contribution in [0.25, 0.3) is 11.0 Å². The lowest BCUT2D eigenvalue weighted by Gasteiger charge is -2.13. The average molecular weight is 332 g/mol. The van der Waals surface area contributed by atoms with E-state index in [1.54, 1.807) is 13.2 Å². The highest BCUT2D eigenvalue weighted by Crippen LogP contribution is 2.27. The number of anilines is 1. The minimum atomic E-state index is 0.0453. The van der Waals surface area contributed by atoms with Crippen LogP contribution in [0.4, 0.5) is 5.95 Å². The molecule has 3 rings (SSSR count). The molecule has 0 amide bonds. The minimum absolute atomic E-state index is 0.0453. The van der Waals surface area contributed by atoms with Crippen molar-refractivity contribution in [2.45, 2.75) is 6.54 Å². The number of rotatable bonds is 6. The van der Waals surface area contributed by atoms with Gasteiger partial charge in [-0.2, -0.15) is 0 Å². The summed E-state index contributed by atoms with van der Waals surface area (Å²) in [6.07, 6.45) is 0. The number of nitrogens with zero attached hydrogens (tertiary/aromatic N) is 2. The summed E-state index contributed by atoms with van der Waals surface area (Å²) in [5.41, 5.74) is 2.87. The number of ether oxygens (including phenoxy) is 1. The Balaban J connectivity index is 2.06. The highest BCUT2D eigenvalue weighted by Gasteiger charge is 2.13. The van der Waals surface area contributed by atoms with Gasteiger partial charge in [0.15, 0.2) is 0 Å². The van der Waals surface area contributed by atoms with Crippen LogP contribution in [0.2, 0.25) is 5.02 Å². The van der Waals surface area contributed by atoms with Gasteiger partial charge in [-0.25, -0.2) is 4.98 Å². The van der Waals surface area contributed by atoms with Gasteiger partial charge in [0.1, 0.15) is 5.75 Å². The van der Waals surface area contributed by atoms with Gasteiger partial charge < -0.3 is 19.7 Å². The standard InChI is InChI=1S/C17H18ClN3O2/c1-23-16-7-6-13(18)10-12(16)11-21-15-5-3-2-4-14(15)20-17(21)19-8-9-22/h2-7,10,22H,8-9,11H2,1H3,(H,19,20). The van der Waals surface area contributed by atoms with E-state index in [0.29, 0.717) is 24.1 Å². The van der Waals surface area contributed by atoms with Crippen molar-refractivity contribution in [1.29, 1.82) is 0 Å². The fraction of sp³-hybridized carbons (Fsp3) is 0.235. The molecule has 0 saturated heterocycles. The zero-order chi connectivity index (χ0) is 16.2. The third-order valence-electron chi connectivity index (χ3n) is 3.62. The highest BCUT2D eigenvalue weighted by molar-refractivity contribution is 6.30. The monoisotopic (exact) mass is 331 g/mol. The van der Waals surface area contributed by atoms with Crippen LogP contribution in [-0.4, -0.2) is 34.9 Å². The van der Waals surface area contributed by atoms with Gasteiger partial charge >= 0.3 is 0 Å². The quantitative estimate of drug-likeness (QED) is 0.728. The van der Waals surface area contributed by atoms with Crippen LogP contribution in [0.15, 0.2) is 42.5 Å². The number of aliphatic hydroxyl groups excluding tert-OH is 1. The molecule has 2 aromatic carbocycles. The third kappa shape index (κ3) is 3.25. The molecule has 0 aliphatic heterocycles. The minimum Gasteiger partial charge on any atom is -0.496 e. The van der Waals surface area contributed by atoms with Crippen molar-refractivity contribution in [1.82, 2.24) is 9.55 Å². The molecule has 0 spiro atoms. The Labute approximate surface area is 139 Å². The molecule has 2 N–H and O–H groups in total. The number of para-hydroxylation sites is 2. The summed E-state index contributed by atoms with van der Waals surface area (Å²) >= 11 is 6.13. The maximum absolute atomic E-state index is 9.06. The lowest BCUT2D eigenvalue weighted by atomic mass is 10.2. The first-order valence-corrected chi connectivity index (χ1v) is 7.73. The molecule has 0 fully saturated rings. The second-order valence-corrected chi connectivity index (χ2v) is 5.55. The molecular weight excluding hydrogens is 314 g/mol. The number of benzene rings is 2. The van der Waals surface area contributed by atoms with Crippen LogP contribution < -0.4 is 10.1 Å². The number of nitrogens with one attached hydrogen (secondary N) is 1. The molecule has 0 radical (unpaired) electrons. The number of fused-ring (bicyclic) bond motifs is 1. The van der Waals surface area contributed by atoms with Gasteiger partial charge in [-0.3, -0.25) is 0 Å². The van der Waals surface area contributed by atoms with E-state index >= 15 is 0 Å². The van der Waals surface area contributed by atoms with Crippen molar-refractivity contribution in [2.24, 2.45) is 0 Å². The second-order valence-electron chi connectivity index (χ2n) is 5.12. The summed E-state index contributed by atoms with van der Waals surface area (Å²) in [4.78, 5) is 4.59. The molecule has 0 aliphatic carbocycles. The van der Waals surface area contributed by atoms with Crippen LogP contribution >= 0.6 is 11.6 Å². The number of hydrogen-bond acceptors (Lipinski definition) is 4. The largest absolute Gasteiger partial charge is 0.496 e. The molecule has 0 atom stereocenters. The number of hydrogen-bond donors (Lipinski definition) is 2. The first-order chi connectivity index (χ1) is 11.2. The van der Waals surface area contributed by atoms with E-state index in [2.05, 4.69) is 14.9 Å². The number of imidazole rings is 1. The Bertz CT molecular complexity index is 817. The lowest BCUT2D eigenvalue weighted by Crippen LogP contribution is -2.12. The van der Waals surface area contributed by atoms with E-state index in [4.69, 9.17) is 21.4 Å². The molecule has 5 nitrogen and oxygen atoms in total. The molecule has 0 aliphatic rings. The van der Waals surface area contributed by atoms with Crippen molar-refractivity contribution >= 4 is 28.6 Å². The molecule has 120 valence electrons. The molecule has 23 heavy (non-hydrogen) atoms. The predicted molar refractivity (Wildman–Crippen MR) is 92.4 cm³/mol. The molecule has 1 heterocycles. The van der Waals surface area contributed by atoms with Gasteiger partial charge in [0, 0.05) is 17.1 Å². The van der Waals surface area contributed by atoms with Crippen molar-refractivity contribution in [3.63, 3.8) is 0 Å². The van der Waals surface area contributed by atoms with Gasteiger partial charge in [0.25, 0.3) is 0 Å². The molecule has 0 unspecified atom stereocenters. The number of aromatic nitrogens is 2. The summed E-state index contributed by atoms with van der Waals surface area (Å²) in [5.74, 6) is 1.49. The Morgan fingerprint density at radius 2 is 2.09 bits per heavy atom.